The lowest BCUT2D eigenvalue weighted by atomic mass is 9.84. The molecule has 0 spiro atoms. The fraction of sp³-hybridized carbons (Fsp3) is 0.278. The zero-order valence-electron chi connectivity index (χ0n) is 15.3. The van der Waals surface area contributed by atoms with Gasteiger partial charge in [-0.25, -0.2) is 17.5 Å². The van der Waals surface area contributed by atoms with Gasteiger partial charge in [-0.15, -0.1) is 0 Å². The van der Waals surface area contributed by atoms with Crippen LogP contribution in [0.5, 0.6) is 0 Å². The zero-order chi connectivity index (χ0) is 20.9. The number of hydrogen-bond donors (Lipinski definition) is 2. The maximum Gasteiger partial charge on any atom is 0.270 e. The average Bonchev–Trinajstić information content (AvgIpc) is 2.65. The van der Waals surface area contributed by atoms with Gasteiger partial charge < -0.3 is 5.32 Å². The largest absolute Gasteiger partial charge is 0.354 e. The Morgan fingerprint density at radius 2 is 1.79 bits per heavy atom. The van der Waals surface area contributed by atoms with Crippen LogP contribution in [-0.4, -0.2) is 32.3 Å². The zero-order valence-corrected chi connectivity index (χ0v) is 16.1. The number of halogens is 1. The standard InChI is InChI=1S/C18H20FN3O5S/c1-18(2,13-6-8-14(19)9-7-13)17(23)20-10-11-21-28(26,27)16-5-3-4-15(12-16)22(24)25/h3-9,12,21H,10-11H2,1-2H3,(H,20,23). The van der Waals surface area contributed by atoms with Gasteiger partial charge in [-0.3, -0.25) is 14.9 Å². The molecule has 2 aromatic rings. The highest BCUT2D eigenvalue weighted by Gasteiger charge is 2.29. The van der Waals surface area contributed by atoms with Gasteiger partial charge in [0.2, 0.25) is 15.9 Å². The van der Waals surface area contributed by atoms with Gasteiger partial charge in [0.25, 0.3) is 5.69 Å². The molecule has 8 nitrogen and oxygen atoms in total. The van der Waals surface area contributed by atoms with Crippen LogP contribution in [0.2, 0.25) is 0 Å². The molecule has 0 atom stereocenters. The van der Waals surface area contributed by atoms with E-state index in [0.29, 0.717) is 5.56 Å². The third kappa shape index (κ3) is 5.11. The summed E-state index contributed by atoms with van der Waals surface area (Å²) in [7, 11) is -3.95. The number of benzene rings is 2. The lowest BCUT2D eigenvalue weighted by Crippen LogP contribution is -2.43. The molecule has 2 aromatic carbocycles. The van der Waals surface area contributed by atoms with Gasteiger partial charge in [-0.05, 0) is 37.6 Å². The molecule has 0 radical (unpaired) electrons. The molecule has 0 saturated heterocycles. The average molecular weight is 409 g/mol. The summed E-state index contributed by atoms with van der Waals surface area (Å²) < 4.78 is 39.8. The number of nitrogens with one attached hydrogen (secondary N) is 2. The molecule has 2 rings (SSSR count). The van der Waals surface area contributed by atoms with Crippen molar-refractivity contribution in [2.45, 2.75) is 24.2 Å². The Labute approximate surface area is 162 Å². The van der Waals surface area contributed by atoms with Crippen LogP contribution in [0.3, 0.4) is 0 Å². The molecule has 2 N–H and O–H groups in total. The quantitative estimate of drug-likeness (QED) is 0.393. The van der Waals surface area contributed by atoms with Crippen molar-refractivity contribution in [1.29, 1.82) is 0 Å². The van der Waals surface area contributed by atoms with E-state index in [1.54, 1.807) is 13.8 Å². The molecular weight excluding hydrogens is 389 g/mol. The van der Waals surface area contributed by atoms with Crippen LogP contribution in [0.15, 0.2) is 53.4 Å². The monoisotopic (exact) mass is 409 g/mol. The van der Waals surface area contributed by atoms with Crippen molar-refractivity contribution < 1.29 is 22.5 Å². The predicted octanol–water partition coefficient (Wildman–Crippen LogP) is 2.11. The van der Waals surface area contributed by atoms with Crippen LogP contribution >= 0.6 is 0 Å². The maximum atomic E-state index is 13.0. The van der Waals surface area contributed by atoms with E-state index in [1.165, 1.54) is 42.5 Å². The molecule has 28 heavy (non-hydrogen) atoms. The summed E-state index contributed by atoms with van der Waals surface area (Å²) in [4.78, 5) is 22.3. The Kier molecular flexibility index (Phi) is 6.47. The number of non-ortho nitro benzene ring substituents is 1. The molecule has 0 aliphatic heterocycles. The molecule has 0 bridgehead atoms. The second-order valence-electron chi connectivity index (χ2n) is 6.54. The van der Waals surface area contributed by atoms with Gasteiger partial charge in [0.1, 0.15) is 5.82 Å². The molecule has 0 aliphatic carbocycles. The first-order valence-corrected chi connectivity index (χ1v) is 9.81. The summed E-state index contributed by atoms with van der Waals surface area (Å²) in [5.41, 5.74) is -0.659. The number of amides is 1. The second kappa shape index (κ2) is 8.44. The minimum absolute atomic E-state index is 0.0115. The van der Waals surface area contributed by atoms with Gasteiger partial charge in [0.15, 0.2) is 0 Å². The van der Waals surface area contributed by atoms with Crippen LogP contribution in [0.25, 0.3) is 0 Å². The van der Waals surface area contributed by atoms with Gasteiger partial charge >= 0.3 is 0 Å². The summed E-state index contributed by atoms with van der Waals surface area (Å²) in [5.74, 6) is -0.760. The summed E-state index contributed by atoms with van der Waals surface area (Å²) >= 11 is 0. The normalized spacial score (nSPS) is 11.8. The number of nitro groups is 1. The molecule has 0 fully saturated rings. The molecular formula is C18H20FN3O5S. The number of sulfonamides is 1. The van der Waals surface area contributed by atoms with E-state index in [2.05, 4.69) is 10.0 Å². The number of nitrogens with zero attached hydrogens (tertiary/aromatic N) is 1. The third-order valence-electron chi connectivity index (χ3n) is 4.17. The summed E-state index contributed by atoms with van der Waals surface area (Å²) in [6.45, 7) is 3.25. The van der Waals surface area contributed by atoms with Gasteiger partial charge in [0, 0.05) is 25.2 Å². The first-order chi connectivity index (χ1) is 13.0. The number of rotatable bonds is 8. The molecule has 150 valence electrons. The maximum absolute atomic E-state index is 13.0. The predicted molar refractivity (Wildman–Crippen MR) is 101 cm³/mol. The third-order valence-corrected chi connectivity index (χ3v) is 5.63. The molecule has 0 saturated carbocycles. The molecule has 0 heterocycles. The Morgan fingerprint density at radius 1 is 1.14 bits per heavy atom. The summed E-state index contributed by atoms with van der Waals surface area (Å²) in [5, 5.41) is 13.4. The van der Waals surface area contributed by atoms with E-state index < -0.39 is 26.2 Å². The van der Waals surface area contributed by atoms with Crippen molar-refractivity contribution in [3.63, 3.8) is 0 Å². The smallest absolute Gasteiger partial charge is 0.270 e. The van der Waals surface area contributed by atoms with Gasteiger partial charge in [-0.2, -0.15) is 0 Å². The van der Waals surface area contributed by atoms with Crippen molar-refractivity contribution in [2.75, 3.05) is 13.1 Å². The minimum Gasteiger partial charge on any atom is -0.354 e. The lowest BCUT2D eigenvalue weighted by molar-refractivity contribution is -0.385. The topological polar surface area (TPSA) is 118 Å². The van der Waals surface area contributed by atoms with E-state index in [1.807, 2.05) is 0 Å². The molecule has 0 aromatic heterocycles. The number of nitro benzene ring substituents is 1. The van der Waals surface area contributed by atoms with E-state index >= 15 is 0 Å². The van der Waals surface area contributed by atoms with Crippen LogP contribution in [0, 0.1) is 15.9 Å². The van der Waals surface area contributed by atoms with Gasteiger partial charge in [-0.1, -0.05) is 18.2 Å². The van der Waals surface area contributed by atoms with Crippen LogP contribution in [0.1, 0.15) is 19.4 Å². The van der Waals surface area contributed by atoms with E-state index in [-0.39, 0.29) is 29.6 Å². The van der Waals surface area contributed by atoms with Crippen molar-refractivity contribution in [3.8, 4) is 0 Å². The first-order valence-electron chi connectivity index (χ1n) is 8.32. The lowest BCUT2D eigenvalue weighted by Gasteiger charge is -2.24. The van der Waals surface area contributed by atoms with E-state index in [0.717, 1.165) is 6.07 Å². The highest BCUT2D eigenvalue weighted by Crippen LogP contribution is 2.23. The van der Waals surface area contributed by atoms with Gasteiger partial charge in [0.05, 0.1) is 15.2 Å². The Bertz CT molecular complexity index is 975. The van der Waals surface area contributed by atoms with Crippen LogP contribution < -0.4 is 10.0 Å². The van der Waals surface area contributed by atoms with E-state index in [4.69, 9.17) is 0 Å². The minimum atomic E-state index is -3.95. The number of hydrogen-bond acceptors (Lipinski definition) is 5. The summed E-state index contributed by atoms with van der Waals surface area (Å²) in [6.07, 6.45) is 0. The molecule has 10 heteroatoms. The molecule has 1 amide bonds. The Hall–Kier alpha value is -2.85. The fourth-order valence-corrected chi connectivity index (χ4v) is 3.50. The van der Waals surface area contributed by atoms with Crippen LogP contribution in [0.4, 0.5) is 10.1 Å². The SMILES string of the molecule is CC(C)(C(=O)NCCNS(=O)(=O)c1cccc([N+](=O)[O-])c1)c1ccc(F)cc1. The van der Waals surface area contributed by atoms with Crippen molar-refractivity contribution in [3.05, 3.63) is 70.0 Å². The molecule has 0 unspecified atom stereocenters. The van der Waals surface area contributed by atoms with E-state index in [9.17, 15) is 27.7 Å². The van der Waals surface area contributed by atoms with Crippen molar-refractivity contribution in [2.24, 2.45) is 0 Å². The van der Waals surface area contributed by atoms with Crippen molar-refractivity contribution in [1.82, 2.24) is 10.0 Å². The Morgan fingerprint density at radius 3 is 2.39 bits per heavy atom. The Balaban J connectivity index is 1.94. The first kappa shape index (κ1) is 21.5. The molecule has 0 aliphatic rings. The number of carbonyl (C=O) groups is 1. The summed E-state index contributed by atoms with van der Waals surface area (Å²) in [6, 6.07) is 10.2. The highest BCUT2D eigenvalue weighted by atomic mass is 32.2. The highest BCUT2D eigenvalue weighted by molar-refractivity contribution is 7.89. The fourth-order valence-electron chi connectivity index (χ4n) is 2.43. The number of carbonyl (C=O) groups excluding carboxylic acids is 1. The van der Waals surface area contributed by atoms with Crippen molar-refractivity contribution >= 4 is 21.6 Å². The van der Waals surface area contributed by atoms with Crippen LogP contribution in [-0.2, 0) is 20.2 Å². The second-order valence-corrected chi connectivity index (χ2v) is 8.31.